The van der Waals surface area contributed by atoms with Gasteiger partial charge in [-0.15, -0.1) is 0 Å². The minimum Gasteiger partial charge on any atom is -0.480 e. The predicted molar refractivity (Wildman–Crippen MR) is 97.4 cm³/mol. The summed E-state index contributed by atoms with van der Waals surface area (Å²) in [6.45, 7) is 4.90. The van der Waals surface area contributed by atoms with Gasteiger partial charge in [-0.3, -0.25) is 14.5 Å². The Morgan fingerprint density at radius 3 is 2.38 bits per heavy atom. The molecule has 2 N–H and O–H groups in total. The topological polar surface area (TPSA) is 107 Å². The van der Waals surface area contributed by atoms with Crippen LogP contribution in [0, 0.1) is 0 Å². The summed E-state index contributed by atoms with van der Waals surface area (Å²) in [7, 11) is -3.53. The second-order valence-electron chi connectivity index (χ2n) is 6.13. The Labute approximate surface area is 153 Å². The third-order valence-electron chi connectivity index (χ3n) is 4.48. The van der Waals surface area contributed by atoms with Crippen LogP contribution in [-0.2, 0) is 19.6 Å². The second-order valence-corrected chi connectivity index (χ2v) is 8.07. The molecule has 1 heterocycles. The molecule has 9 heteroatoms. The first kappa shape index (κ1) is 20.3. The van der Waals surface area contributed by atoms with E-state index < -0.39 is 22.0 Å². The zero-order chi connectivity index (χ0) is 19.3. The number of hydrogen-bond donors (Lipinski definition) is 2. The summed E-state index contributed by atoms with van der Waals surface area (Å²) in [5.74, 6) is -1.24. The molecule has 0 saturated carbocycles. The molecule has 0 spiro atoms. The molecule has 0 bridgehead atoms. The van der Waals surface area contributed by atoms with E-state index in [1.807, 2.05) is 0 Å². The highest BCUT2D eigenvalue weighted by atomic mass is 32.2. The molecule has 1 aromatic rings. The van der Waals surface area contributed by atoms with Crippen molar-refractivity contribution >= 4 is 27.6 Å². The van der Waals surface area contributed by atoms with Gasteiger partial charge in [0.2, 0.25) is 15.9 Å². The van der Waals surface area contributed by atoms with Gasteiger partial charge in [-0.05, 0) is 43.7 Å². The number of aliphatic carboxylic acids is 1. The first-order valence-electron chi connectivity index (χ1n) is 8.66. The van der Waals surface area contributed by atoms with Crippen LogP contribution in [0.15, 0.2) is 29.2 Å². The number of carboxylic acids is 1. The molecular weight excluding hydrogens is 358 g/mol. The van der Waals surface area contributed by atoms with Crippen LogP contribution in [0.2, 0.25) is 0 Å². The summed E-state index contributed by atoms with van der Waals surface area (Å²) >= 11 is 0. The lowest BCUT2D eigenvalue weighted by Crippen LogP contribution is -2.40. The summed E-state index contributed by atoms with van der Waals surface area (Å²) < 4.78 is 26.2. The summed E-state index contributed by atoms with van der Waals surface area (Å²) in [6, 6.07) is 5.36. The molecule has 0 aromatic heterocycles. The summed E-state index contributed by atoms with van der Waals surface area (Å²) in [4.78, 5) is 25.1. The molecule has 1 aliphatic rings. The molecule has 1 unspecified atom stereocenters. The number of benzene rings is 1. The van der Waals surface area contributed by atoms with E-state index >= 15 is 0 Å². The van der Waals surface area contributed by atoms with E-state index in [0.29, 0.717) is 31.7 Å². The number of hydrogen-bond acceptors (Lipinski definition) is 5. The number of carbonyl (C=O) groups is 2. The van der Waals surface area contributed by atoms with E-state index in [1.54, 1.807) is 18.7 Å². The highest BCUT2D eigenvalue weighted by Gasteiger charge is 2.31. The second kappa shape index (κ2) is 8.61. The zero-order valence-electron chi connectivity index (χ0n) is 15.0. The lowest BCUT2D eigenvalue weighted by molar-refractivity contribution is -0.142. The van der Waals surface area contributed by atoms with Crippen molar-refractivity contribution in [2.24, 2.45) is 0 Å². The van der Waals surface area contributed by atoms with Crippen molar-refractivity contribution in [3.8, 4) is 0 Å². The molecule has 1 amide bonds. The minimum atomic E-state index is -3.53. The highest BCUT2D eigenvalue weighted by molar-refractivity contribution is 7.89. The van der Waals surface area contributed by atoms with Gasteiger partial charge in [-0.2, -0.15) is 4.31 Å². The molecule has 0 aliphatic carbocycles. The Morgan fingerprint density at radius 1 is 1.23 bits per heavy atom. The van der Waals surface area contributed by atoms with Gasteiger partial charge in [0.15, 0.2) is 0 Å². The van der Waals surface area contributed by atoms with E-state index in [4.69, 9.17) is 5.11 Å². The van der Waals surface area contributed by atoms with Gasteiger partial charge < -0.3 is 10.4 Å². The van der Waals surface area contributed by atoms with Crippen LogP contribution in [0.4, 0.5) is 5.69 Å². The number of rotatable bonds is 8. The van der Waals surface area contributed by atoms with Gasteiger partial charge in [0, 0.05) is 18.8 Å². The standard InChI is InChI=1S/C17H25N3O5S/c1-3-20(4-2)26(24,25)14-9-7-13(8-10-14)18-16(21)12-19-11-5-6-15(19)17(22)23/h7-10,15H,3-6,11-12H2,1-2H3,(H,18,21)(H,22,23). The van der Waals surface area contributed by atoms with Gasteiger partial charge in [0.1, 0.15) is 6.04 Å². The highest BCUT2D eigenvalue weighted by Crippen LogP contribution is 2.19. The van der Waals surface area contributed by atoms with Crippen LogP contribution in [-0.4, -0.2) is 66.8 Å². The number of nitrogens with one attached hydrogen (secondary N) is 1. The maximum absolute atomic E-state index is 12.4. The van der Waals surface area contributed by atoms with Gasteiger partial charge in [0.05, 0.1) is 11.4 Å². The summed E-state index contributed by atoms with van der Waals surface area (Å²) in [5, 5.41) is 11.8. The van der Waals surface area contributed by atoms with E-state index in [0.717, 1.165) is 6.42 Å². The van der Waals surface area contributed by atoms with Crippen LogP contribution in [0.1, 0.15) is 26.7 Å². The Morgan fingerprint density at radius 2 is 1.85 bits per heavy atom. The lowest BCUT2D eigenvalue weighted by Gasteiger charge is -2.20. The van der Waals surface area contributed by atoms with Gasteiger partial charge >= 0.3 is 5.97 Å². The maximum atomic E-state index is 12.4. The van der Waals surface area contributed by atoms with E-state index in [2.05, 4.69) is 5.32 Å². The third-order valence-corrected chi connectivity index (χ3v) is 6.54. The van der Waals surface area contributed by atoms with Crippen LogP contribution in [0.3, 0.4) is 0 Å². The zero-order valence-corrected chi connectivity index (χ0v) is 15.8. The average molecular weight is 383 g/mol. The molecule has 0 radical (unpaired) electrons. The van der Waals surface area contributed by atoms with Gasteiger partial charge in [-0.25, -0.2) is 8.42 Å². The monoisotopic (exact) mass is 383 g/mol. The smallest absolute Gasteiger partial charge is 0.320 e. The SMILES string of the molecule is CCN(CC)S(=O)(=O)c1ccc(NC(=O)CN2CCCC2C(=O)O)cc1. The van der Waals surface area contributed by atoms with E-state index in [1.165, 1.54) is 28.6 Å². The molecule has 8 nitrogen and oxygen atoms in total. The van der Waals surface area contributed by atoms with Gasteiger partial charge in [-0.1, -0.05) is 13.8 Å². The molecule has 1 saturated heterocycles. The third kappa shape index (κ3) is 4.60. The largest absolute Gasteiger partial charge is 0.480 e. The van der Waals surface area contributed by atoms with E-state index in [9.17, 15) is 18.0 Å². The number of carboxylic acid groups (broad SMARTS) is 1. The number of nitrogens with zero attached hydrogens (tertiary/aromatic N) is 2. The normalized spacial score (nSPS) is 18.2. The number of amides is 1. The molecule has 144 valence electrons. The number of sulfonamides is 1. The fourth-order valence-corrected chi connectivity index (χ4v) is 4.56. The fourth-order valence-electron chi connectivity index (χ4n) is 3.10. The van der Waals surface area contributed by atoms with Crippen molar-refractivity contribution in [2.45, 2.75) is 37.6 Å². The van der Waals surface area contributed by atoms with Crippen molar-refractivity contribution in [3.63, 3.8) is 0 Å². The van der Waals surface area contributed by atoms with Crippen LogP contribution in [0.5, 0.6) is 0 Å². The predicted octanol–water partition coefficient (Wildman–Crippen LogP) is 1.20. The summed E-state index contributed by atoms with van der Waals surface area (Å²) in [6.07, 6.45) is 1.29. The fraction of sp³-hybridized carbons (Fsp3) is 0.529. The van der Waals surface area contributed by atoms with Gasteiger partial charge in [0.25, 0.3) is 0 Å². The van der Waals surface area contributed by atoms with Crippen molar-refractivity contribution in [1.82, 2.24) is 9.21 Å². The van der Waals surface area contributed by atoms with Crippen molar-refractivity contribution in [2.75, 3.05) is 31.5 Å². The lowest BCUT2D eigenvalue weighted by atomic mass is 10.2. The van der Waals surface area contributed by atoms with E-state index in [-0.39, 0.29) is 17.3 Å². The molecular formula is C17H25N3O5S. The first-order valence-corrected chi connectivity index (χ1v) is 10.1. The molecule has 1 atom stereocenters. The van der Waals surface area contributed by atoms with Crippen molar-refractivity contribution in [1.29, 1.82) is 0 Å². The molecule has 1 aromatic carbocycles. The molecule has 26 heavy (non-hydrogen) atoms. The minimum absolute atomic E-state index is 0.00351. The molecule has 1 fully saturated rings. The Kier molecular flexibility index (Phi) is 6.74. The Balaban J connectivity index is 2.01. The summed E-state index contributed by atoms with van der Waals surface area (Å²) in [5.41, 5.74) is 0.472. The van der Waals surface area contributed by atoms with Crippen LogP contribution < -0.4 is 5.32 Å². The Hall–Kier alpha value is -1.97. The average Bonchev–Trinajstić information content (AvgIpc) is 3.04. The van der Waals surface area contributed by atoms with Crippen LogP contribution in [0.25, 0.3) is 0 Å². The quantitative estimate of drug-likeness (QED) is 0.699. The number of likely N-dealkylation sites (tertiary alicyclic amines) is 1. The number of anilines is 1. The first-order chi connectivity index (χ1) is 12.3. The van der Waals surface area contributed by atoms with Crippen LogP contribution >= 0.6 is 0 Å². The van der Waals surface area contributed by atoms with Crippen molar-refractivity contribution in [3.05, 3.63) is 24.3 Å². The molecule has 2 rings (SSSR count). The number of carbonyl (C=O) groups excluding carboxylic acids is 1. The van der Waals surface area contributed by atoms with Crippen molar-refractivity contribution < 1.29 is 23.1 Å². The Bertz CT molecular complexity index is 744. The maximum Gasteiger partial charge on any atom is 0.320 e. The molecule has 1 aliphatic heterocycles.